The molecule has 1 amide bonds. The smallest absolute Gasteiger partial charge is 0.272 e. The van der Waals surface area contributed by atoms with Gasteiger partial charge in [0.25, 0.3) is 5.91 Å². The number of carbonyl (C=O) groups is 1. The van der Waals surface area contributed by atoms with Gasteiger partial charge in [0.15, 0.2) is 0 Å². The Balaban J connectivity index is 1.15. The summed E-state index contributed by atoms with van der Waals surface area (Å²) in [6.45, 7) is 15.8. The van der Waals surface area contributed by atoms with E-state index in [1.807, 2.05) is 23.8 Å². The molecule has 0 saturated carbocycles. The lowest BCUT2D eigenvalue weighted by atomic mass is 9.87. The third-order valence-corrected chi connectivity index (χ3v) is 9.39. The number of benzene rings is 1. The monoisotopic (exact) mass is 522 g/mol. The van der Waals surface area contributed by atoms with Gasteiger partial charge in [-0.3, -0.25) is 14.0 Å². The summed E-state index contributed by atoms with van der Waals surface area (Å²) in [7, 11) is 0. The summed E-state index contributed by atoms with van der Waals surface area (Å²) in [5.41, 5.74) is 4.00. The molecule has 2 aromatic rings. The molecule has 2 atom stereocenters. The van der Waals surface area contributed by atoms with Crippen molar-refractivity contribution >= 4 is 23.7 Å². The van der Waals surface area contributed by atoms with Crippen molar-refractivity contribution in [2.75, 3.05) is 50.8 Å². The number of nitrogens with one attached hydrogen (secondary N) is 1. The number of hydrogen-bond donors (Lipinski definition) is 1. The Hall–Kier alpha value is -2.16. The molecule has 0 radical (unpaired) electrons. The van der Waals surface area contributed by atoms with Gasteiger partial charge < -0.3 is 10.2 Å². The summed E-state index contributed by atoms with van der Waals surface area (Å²) in [4.78, 5) is 27.0. The maximum absolute atomic E-state index is 13.4. The van der Waals surface area contributed by atoms with E-state index in [0.29, 0.717) is 18.3 Å². The van der Waals surface area contributed by atoms with E-state index < -0.39 is 0 Å². The number of carbonyl (C=O) groups excluding carboxylic acids is 1. The molecule has 3 fully saturated rings. The van der Waals surface area contributed by atoms with Crippen molar-refractivity contribution < 1.29 is 4.79 Å². The summed E-state index contributed by atoms with van der Waals surface area (Å²) in [6, 6.07) is 9.30. The largest absolute Gasteiger partial charge is 0.366 e. The highest BCUT2D eigenvalue weighted by Gasteiger charge is 2.42. The van der Waals surface area contributed by atoms with E-state index in [1.165, 1.54) is 43.6 Å². The molecule has 4 heterocycles. The van der Waals surface area contributed by atoms with E-state index in [4.69, 9.17) is 0 Å². The number of hydrogen-bond acceptors (Lipinski definition) is 7. The van der Waals surface area contributed by atoms with Crippen molar-refractivity contribution in [2.24, 2.45) is 11.8 Å². The molecule has 3 saturated heterocycles. The van der Waals surface area contributed by atoms with Crippen molar-refractivity contribution in [3.63, 3.8) is 0 Å². The Bertz CT molecular complexity index is 1080. The Morgan fingerprint density at radius 1 is 1.03 bits per heavy atom. The molecule has 0 spiro atoms. The second-order valence-electron chi connectivity index (χ2n) is 12.0. The zero-order chi connectivity index (χ0) is 26.2. The molecule has 7 nitrogen and oxygen atoms in total. The summed E-state index contributed by atoms with van der Waals surface area (Å²) < 4.78 is 2.52. The lowest BCUT2D eigenvalue weighted by molar-refractivity contribution is 0.0629. The van der Waals surface area contributed by atoms with Crippen LogP contribution in [-0.2, 0) is 12.0 Å². The van der Waals surface area contributed by atoms with Crippen LogP contribution < -0.4 is 5.32 Å². The average Bonchev–Trinajstić information content (AvgIpc) is 3.47. The molecular weight excluding hydrogens is 480 g/mol. The first-order valence-corrected chi connectivity index (χ1v) is 14.9. The van der Waals surface area contributed by atoms with Crippen LogP contribution in [0.25, 0.3) is 0 Å². The Kier molecular flexibility index (Phi) is 7.80. The minimum atomic E-state index is 0.0323. The number of likely N-dealkylation sites (tertiary alicyclic amines) is 2. The number of piperidine rings is 1. The van der Waals surface area contributed by atoms with Gasteiger partial charge in [0.2, 0.25) is 0 Å². The first kappa shape index (κ1) is 26.4. The van der Waals surface area contributed by atoms with Gasteiger partial charge in [-0.05, 0) is 54.4 Å². The molecule has 1 N–H and O–H groups in total. The fraction of sp³-hybridized carbons (Fsp3) is 0.621. The lowest BCUT2D eigenvalue weighted by Gasteiger charge is -2.37. The van der Waals surface area contributed by atoms with Crippen LogP contribution in [0.2, 0.25) is 0 Å². The van der Waals surface area contributed by atoms with E-state index in [-0.39, 0.29) is 11.3 Å². The van der Waals surface area contributed by atoms with Gasteiger partial charge in [0, 0.05) is 57.4 Å². The normalized spacial score (nSPS) is 23.4. The Morgan fingerprint density at radius 3 is 2.27 bits per heavy atom. The molecule has 0 bridgehead atoms. The number of amides is 1. The third kappa shape index (κ3) is 5.81. The van der Waals surface area contributed by atoms with Crippen molar-refractivity contribution in [1.29, 1.82) is 0 Å². The van der Waals surface area contributed by atoms with E-state index in [1.54, 1.807) is 0 Å². The lowest BCUT2D eigenvalue weighted by Crippen LogP contribution is -2.47. The molecular formula is C29H42N6OS. The predicted octanol–water partition coefficient (Wildman–Crippen LogP) is 4.44. The molecule has 1 aromatic carbocycles. The molecule has 200 valence electrons. The number of nitrogens with zero attached hydrogens (tertiary/aromatic N) is 5. The van der Waals surface area contributed by atoms with Gasteiger partial charge in [0.05, 0.1) is 0 Å². The molecule has 3 aliphatic heterocycles. The molecule has 0 aliphatic carbocycles. The molecule has 1 aromatic heterocycles. The van der Waals surface area contributed by atoms with E-state index >= 15 is 0 Å². The van der Waals surface area contributed by atoms with Gasteiger partial charge in [0.1, 0.15) is 17.8 Å². The van der Waals surface area contributed by atoms with Crippen molar-refractivity contribution in [1.82, 2.24) is 24.1 Å². The highest BCUT2D eigenvalue weighted by molar-refractivity contribution is 7.96. The van der Waals surface area contributed by atoms with Crippen LogP contribution in [0, 0.1) is 18.8 Å². The zero-order valence-corrected chi connectivity index (χ0v) is 23.9. The van der Waals surface area contributed by atoms with Gasteiger partial charge in [-0.25, -0.2) is 9.97 Å². The minimum Gasteiger partial charge on any atom is -0.366 e. The summed E-state index contributed by atoms with van der Waals surface area (Å²) >= 11 is 1.89. The van der Waals surface area contributed by atoms with Crippen LogP contribution in [0.15, 0.2) is 30.6 Å². The van der Waals surface area contributed by atoms with Crippen LogP contribution in [0.1, 0.15) is 60.8 Å². The van der Waals surface area contributed by atoms with Crippen molar-refractivity contribution in [3.8, 4) is 0 Å². The topological polar surface area (TPSA) is 64.6 Å². The summed E-state index contributed by atoms with van der Waals surface area (Å²) in [6.07, 6.45) is 5.81. The second kappa shape index (κ2) is 10.9. The number of aromatic nitrogens is 2. The highest BCUT2D eigenvalue weighted by Crippen LogP contribution is 2.36. The molecule has 8 heteroatoms. The Morgan fingerprint density at radius 2 is 1.68 bits per heavy atom. The molecule has 2 unspecified atom stereocenters. The van der Waals surface area contributed by atoms with E-state index in [9.17, 15) is 4.79 Å². The predicted molar refractivity (Wildman–Crippen MR) is 152 cm³/mol. The SMILES string of the molecule is CSN1CC2CN(C3CCN(C(=O)c4ncnc(NCc5ccc(C(C)(C)C)cc5)c4C)CC3)CC2C1. The van der Waals surface area contributed by atoms with Crippen LogP contribution in [0.5, 0.6) is 0 Å². The van der Waals surface area contributed by atoms with Gasteiger partial charge >= 0.3 is 0 Å². The van der Waals surface area contributed by atoms with Gasteiger partial charge in [-0.2, -0.15) is 0 Å². The fourth-order valence-electron chi connectivity index (χ4n) is 6.17. The first-order chi connectivity index (χ1) is 17.7. The minimum absolute atomic E-state index is 0.0323. The standard InChI is InChI=1S/C29H42N6OS/c1-20-26(31-19-32-27(20)30-14-21-6-8-24(9-7-21)29(2,3)4)28(36)33-12-10-25(11-13-33)34-15-22-17-35(37-5)18-23(22)16-34/h6-9,19,22-23,25H,10-18H2,1-5H3,(H,30,31,32). The quantitative estimate of drug-likeness (QED) is 0.563. The van der Waals surface area contributed by atoms with Crippen molar-refractivity contribution in [2.45, 2.75) is 58.5 Å². The summed E-state index contributed by atoms with van der Waals surface area (Å²) in [5, 5.41) is 3.42. The Labute approximate surface area is 226 Å². The van der Waals surface area contributed by atoms with Crippen LogP contribution in [0.4, 0.5) is 5.82 Å². The zero-order valence-electron chi connectivity index (χ0n) is 23.0. The van der Waals surface area contributed by atoms with Gasteiger partial charge in [-0.15, -0.1) is 0 Å². The van der Waals surface area contributed by atoms with Gasteiger partial charge in [-0.1, -0.05) is 57.0 Å². The fourth-order valence-corrected chi connectivity index (χ4v) is 6.85. The highest BCUT2D eigenvalue weighted by atomic mass is 32.2. The maximum atomic E-state index is 13.4. The van der Waals surface area contributed by atoms with E-state index in [2.05, 4.69) is 75.8 Å². The first-order valence-electron chi connectivity index (χ1n) is 13.7. The van der Waals surface area contributed by atoms with Crippen LogP contribution in [0.3, 0.4) is 0 Å². The van der Waals surface area contributed by atoms with E-state index in [0.717, 1.165) is 49.1 Å². The number of anilines is 1. The summed E-state index contributed by atoms with van der Waals surface area (Å²) in [5.74, 6) is 2.40. The maximum Gasteiger partial charge on any atom is 0.272 e. The van der Waals surface area contributed by atoms with Crippen LogP contribution in [-0.4, -0.2) is 81.5 Å². The number of fused-ring (bicyclic) bond motifs is 1. The molecule has 37 heavy (non-hydrogen) atoms. The number of rotatable bonds is 6. The van der Waals surface area contributed by atoms with Crippen LogP contribution >= 0.6 is 11.9 Å². The van der Waals surface area contributed by atoms with Crippen molar-refractivity contribution in [3.05, 3.63) is 53.0 Å². The molecule has 3 aliphatic rings. The average molecular weight is 523 g/mol. The third-order valence-electron chi connectivity index (χ3n) is 8.57. The molecule has 5 rings (SSSR count). The second-order valence-corrected chi connectivity index (χ2v) is 12.9.